The lowest BCUT2D eigenvalue weighted by Crippen LogP contribution is -2.33. The summed E-state index contributed by atoms with van der Waals surface area (Å²) in [7, 11) is 0. The smallest absolute Gasteiger partial charge is 0.338 e. The maximum Gasteiger partial charge on any atom is 0.338 e. The van der Waals surface area contributed by atoms with Crippen molar-refractivity contribution in [2.45, 2.75) is 32.6 Å². The Morgan fingerprint density at radius 2 is 2.21 bits per heavy atom. The Kier molecular flexibility index (Phi) is 4.09. The number of carboxylic acid groups (broad SMARTS) is 1. The second-order valence-corrected chi connectivity index (χ2v) is 5.94. The Labute approximate surface area is 116 Å². The minimum absolute atomic E-state index is 0.134. The molecule has 0 saturated heterocycles. The van der Waals surface area contributed by atoms with E-state index in [1.807, 2.05) is 0 Å². The van der Waals surface area contributed by atoms with Gasteiger partial charge in [0.25, 0.3) is 0 Å². The molecule has 0 bridgehead atoms. The van der Waals surface area contributed by atoms with E-state index in [9.17, 15) is 9.59 Å². The molecule has 19 heavy (non-hydrogen) atoms. The molecule has 2 rings (SSSR count). The Morgan fingerprint density at radius 1 is 1.47 bits per heavy atom. The van der Waals surface area contributed by atoms with Crippen molar-refractivity contribution >= 4 is 28.3 Å². The third-order valence-electron chi connectivity index (χ3n) is 3.48. The normalized spacial score (nSPS) is 15.8. The number of anilines is 1. The molecule has 0 spiro atoms. The van der Waals surface area contributed by atoms with Gasteiger partial charge in [0.1, 0.15) is 5.00 Å². The number of carbonyl (C=O) groups is 2. The monoisotopic (exact) mass is 282 g/mol. The van der Waals surface area contributed by atoms with E-state index >= 15 is 0 Å². The van der Waals surface area contributed by atoms with E-state index in [1.54, 1.807) is 5.38 Å². The number of amides is 2. The summed E-state index contributed by atoms with van der Waals surface area (Å²) in [5.41, 5.74) is 0.423. The molecule has 104 valence electrons. The van der Waals surface area contributed by atoms with Gasteiger partial charge in [-0.3, -0.25) is 5.32 Å². The summed E-state index contributed by atoms with van der Waals surface area (Å²) in [6.45, 7) is 2.81. The topological polar surface area (TPSA) is 78.4 Å². The summed E-state index contributed by atoms with van der Waals surface area (Å²) >= 11 is 1.21. The van der Waals surface area contributed by atoms with Crippen LogP contribution < -0.4 is 10.6 Å². The van der Waals surface area contributed by atoms with Crippen molar-refractivity contribution in [2.75, 3.05) is 11.9 Å². The summed E-state index contributed by atoms with van der Waals surface area (Å²) in [6, 6.07) is 1.16. The molecule has 1 aromatic heterocycles. The number of carbonyl (C=O) groups excluding carboxylic acids is 1. The Morgan fingerprint density at radius 3 is 2.79 bits per heavy atom. The summed E-state index contributed by atoms with van der Waals surface area (Å²) in [6.07, 6.45) is 4.59. The van der Waals surface area contributed by atoms with Crippen molar-refractivity contribution in [1.82, 2.24) is 5.32 Å². The van der Waals surface area contributed by atoms with Crippen LogP contribution in [-0.2, 0) is 0 Å². The van der Waals surface area contributed by atoms with E-state index in [1.165, 1.54) is 30.2 Å². The van der Waals surface area contributed by atoms with Gasteiger partial charge in [0.05, 0.1) is 5.56 Å². The van der Waals surface area contributed by atoms with Gasteiger partial charge in [-0.15, -0.1) is 11.3 Å². The van der Waals surface area contributed by atoms with Crippen molar-refractivity contribution in [3.8, 4) is 0 Å². The van der Waals surface area contributed by atoms with Gasteiger partial charge < -0.3 is 10.4 Å². The predicted molar refractivity (Wildman–Crippen MR) is 74.9 cm³/mol. The molecule has 0 aromatic carbocycles. The number of urea groups is 1. The number of hydrogen-bond donors (Lipinski definition) is 3. The molecule has 1 fully saturated rings. The second kappa shape index (κ2) is 5.61. The van der Waals surface area contributed by atoms with Crippen molar-refractivity contribution in [3.63, 3.8) is 0 Å². The first-order chi connectivity index (χ1) is 9.06. The zero-order valence-corrected chi connectivity index (χ0v) is 11.7. The first-order valence-corrected chi connectivity index (χ1v) is 7.30. The first-order valence-electron chi connectivity index (χ1n) is 6.42. The number of carboxylic acids is 1. The molecular formula is C13H18N2O3S. The Hall–Kier alpha value is -1.56. The van der Waals surface area contributed by atoms with E-state index in [4.69, 9.17) is 5.11 Å². The van der Waals surface area contributed by atoms with Crippen molar-refractivity contribution in [3.05, 3.63) is 17.0 Å². The Balaban J connectivity index is 1.84. The highest BCUT2D eigenvalue weighted by Gasteiger charge is 2.41. The highest BCUT2D eigenvalue weighted by Crippen LogP contribution is 2.48. The molecule has 2 amide bonds. The average Bonchev–Trinajstić information content (AvgIpc) is 2.96. The standard InChI is InChI=1S/C13H18N2O3S/c1-2-4-13(5-6-13)8-14-12(18)15-10-9(11(16)17)3-7-19-10/h3,7H,2,4-6,8H2,1H3,(H,16,17)(H2,14,15,18). The van der Waals surface area contributed by atoms with Gasteiger partial charge in [0.15, 0.2) is 0 Å². The van der Waals surface area contributed by atoms with Gasteiger partial charge in [-0.1, -0.05) is 13.3 Å². The van der Waals surface area contributed by atoms with Crippen LogP contribution in [-0.4, -0.2) is 23.7 Å². The predicted octanol–water partition coefficient (Wildman–Crippen LogP) is 3.15. The third-order valence-corrected chi connectivity index (χ3v) is 4.31. The fourth-order valence-electron chi connectivity index (χ4n) is 2.21. The number of nitrogens with one attached hydrogen (secondary N) is 2. The van der Waals surface area contributed by atoms with Crippen LogP contribution in [0.3, 0.4) is 0 Å². The van der Waals surface area contributed by atoms with Crippen LogP contribution in [0.2, 0.25) is 0 Å². The number of hydrogen-bond acceptors (Lipinski definition) is 3. The number of rotatable bonds is 6. The lowest BCUT2D eigenvalue weighted by molar-refractivity contribution is 0.0698. The van der Waals surface area contributed by atoms with Crippen LogP contribution in [0.15, 0.2) is 11.4 Å². The van der Waals surface area contributed by atoms with E-state index in [-0.39, 0.29) is 17.0 Å². The minimum atomic E-state index is -1.03. The maximum absolute atomic E-state index is 11.8. The van der Waals surface area contributed by atoms with Crippen molar-refractivity contribution < 1.29 is 14.7 Å². The van der Waals surface area contributed by atoms with Gasteiger partial charge >= 0.3 is 12.0 Å². The van der Waals surface area contributed by atoms with Gasteiger partial charge in [-0.05, 0) is 36.1 Å². The first kappa shape index (κ1) is 13.9. The lowest BCUT2D eigenvalue weighted by atomic mass is 10.0. The zero-order chi connectivity index (χ0) is 13.9. The zero-order valence-electron chi connectivity index (χ0n) is 10.9. The molecule has 0 aliphatic heterocycles. The lowest BCUT2D eigenvalue weighted by Gasteiger charge is -2.15. The quantitative estimate of drug-likeness (QED) is 0.750. The highest BCUT2D eigenvalue weighted by molar-refractivity contribution is 7.14. The fraction of sp³-hybridized carbons (Fsp3) is 0.538. The minimum Gasteiger partial charge on any atom is -0.478 e. The van der Waals surface area contributed by atoms with Crippen LogP contribution in [0.4, 0.5) is 9.80 Å². The van der Waals surface area contributed by atoms with Crippen LogP contribution in [0, 0.1) is 5.41 Å². The molecule has 0 atom stereocenters. The molecule has 5 nitrogen and oxygen atoms in total. The summed E-state index contributed by atoms with van der Waals surface area (Å²) in [4.78, 5) is 22.7. The van der Waals surface area contributed by atoms with E-state index < -0.39 is 5.97 Å². The molecule has 1 saturated carbocycles. The van der Waals surface area contributed by atoms with E-state index in [0.29, 0.717) is 11.5 Å². The molecule has 6 heteroatoms. The number of aromatic carboxylic acids is 1. The van der Waals surface area contributed by atoms with Gasteiger partial charge in [-0.2, -0.15) is 0 Å². The molecule has 0 radical (unpaired) electrons. The maximum atomic E-state index is 11.8. The van der Waals surface area contributed by atoms with Gasteiger partial charge in [0.2, 0.25) is 0 Å². The molecule has 1 heterocycles. The summed E-state index contributed by atoms with van der Waals surface area (Å²) < 4.78 is 0. The molecule has 1 aromatic rings. The van der Waals surface area contributed by atoms with Crippen LogP contribution >= 0.6 is 11.3 Å². The molecule has 1 aliphatic rings. The molecule has 1 aliphatic carbocycles. The largest absolute Gasteiger partial charge is 0.478 e. The van der Waals surface area contributed by atoms with Crippen LogP contribution in [0.5, 0.6) is 0 Å². The number of thiophene rings is 1. The van der Waals surface area contributed by atoms with Gasteiger partial charge in [-0.25, -0.2) is 9.59 Å². The summed E-state index contributed by atoms with van der Waals surface area (Å²) in [5.74, 6) is -1.03. The molecule has 3 N–H and O–H groups in total. The third kappa shape index (κ3) is 3.47. The van der Waals surface area contributed by atoms with E-state index in [0.717, 1.165) is 12.8 Å². The second-order valence-electron chi connectivity index (χ2n) is 5.03. The highest BCUT2D eigenvalue weighted by atomic mass is 32.1. The van der Waals surface area contributed by atoms with Crippen LogP contribution in [0.25, 0.3) is 0 Å². The Bertz CT molecular complexity index is 480. The fourth-order valence-corrected chi connectivity index (χ4v) is 2.99. The molecular weight excluding hydrogens is 264 g/mol. The van der Waals surface area contributed by atoms with E-state index in [2.05, 4.69) is 17.6 Å². The van der Waals surface area contributed by atoms with Crippen molar-refractivity contribution in [2.24, 2.45) is 5.41 Å². The van der Waals surface area contributed by atoms with Crippen LogP contribution in [0.1, 0.15) is 43.0 Å². The van der Waals surface area contributed by atoms with Gasteiger partial charge in [0, 0.05) is 6.54 Å². The average molecular weight is 282 g/mol. The van der Waals surface area contributed by atoms with Crippen molar-refractivity contribution in [1.29, 1.82) is 0 Å². The summed E-state index contributed by atoms with van der Waals surface area (Å²) in [5, 5.41) is 16.4. The molecule has 0 unspecified atom stereocenters. The SMILES string of the molecule is CCCC1(CNC(=O)Nc2sccc2C(=O)O)CC1.